The molecule has 1 amide bonds. The lowest BCUT2D eigenvalue weighted by Gasteiger charge is -2.16. The number of likely N-dealkylation sites (N-methyl/N-ethyl adjacent to an activating group) is 1. The maximum Gasteiger partial charge on any atom is 0.330 e. The lowest BCUT2D eigenvalue weighted by molar-refractivity contribution is -0.148. The van der Waals surface area contributed by atoms with Crippen LogP contribution in [0.25, 0.3) is 11.4 Å². The molecule has 0 aliphatic carbocycles. The normalized spacial score (nSPS) is 10.4. The Labute approximate surface area is 160 Å². The highest BCUT2D eigenvalue weighted by molar-refractivity contribution is 6.30. The molecular formula is C18H16ClN5O3. The molecule has 138 valence electrons. The van der Waals surface area contributed by atoms with Crippen molar-refractivity contribution < 1.29 is 14.3 Å². The third-order valence-corrected chi connectivity index (χ3v) is 3.95. The first kappa shape index (κ1) is 18.5. The minimum atomic E-state index is -0.634. The van der Waals surface area contributed by atoms with Gasteiger partial charge in [-0.2, -0.15) is 4.80 Å². The summed E-state index contributed by atoms with van der Waals surface area (Å²) in [5.41, 5.74) is 1.43. The summed E-state index contributed by atoms with van der Waals surface area (Å²) in [6, 6.07) is 16.0. The van der Waals surface area contributed by atoms with Crippen LogP contribution in [0.3, 0.4) is 0 Å². The third kappa shape index (κ3) is 4.89. The van der Waals surface area contributed by atoms with Crippen LogP contribution in [0.1, 0.15) is 0 Å². The Morgan fingerprint density at radius 3 is 2.52 bits per heavy atom. The summed E-state index contributed by atoms with van der Waals surface area (Å²) < 4.78 is 5.00. The Balaban J connectivity index is 1.52. The number of para-hydroxylation sites is 1. The summed E-state index contributed by atoms with van der Waals surface area (Å²) in [6.07, 6.45) is 0. The number of aromatic nitrogens is 4. The smallest absolute Gasteiger partial charge is 0.330 e. The summed E-state index contributed by atoms with van der Waals surface area (Å²) in [7, 11) is 1.61. The average Bonchev–Trinajstić information content (AvgIpc) is 3.15. The van der Waals surface area contributed by atoms with Crippen LogP contribution in [0.15, 0.2) is 54.6 Å². The van der Waals surface area contributed by atoms with Gasteiger partial charge in [0.05, 0.1) is 0 Å². The molecule has 0 bridgehead atoms. The predicted octanol–water partition coefficient (Wildman–Crippen LogP) is 2.20. The quantitative estimate of drug-likeness (QED) is 0.604. The van der Waals surface area contributed by atoms with Crippen LogP contribution in [0.5, 0.6) is 0 Å². The summed E-state index contributed by atoms with van der Waals surface area (Å²) in [5.74, 6) is -0.618. The Hall–Kier alpha value is -3.26. The zero-order chi connectivity index (χ0) is 19.2. The van der Waals surface area contributed by atoms with Gasteiger partial charge in [-0.25, -0.2) is 4.79 Å². The van der Waals surface area contributed by atoms with E-state index < -0.39 is 5.97 Å². The molecule has 0 fully saturated rings. The van der Waals surface area contributed by atoms with Crippen molar-refractivity contribution in [3.63, 3.8) is 0 Å². The highest BCUT2D eigenvalue weighted by atomic mass is 35.5. The van der Waals surface area contributed by atoms with Gasteiger partial charge < -0.3 is 9.64 Å². The van der Waals surface area contributed by atoms with Gasteiger partial charge in [-0.1, -0.05) is 29.8 Å². The second kappa shape index (κ2) is 8.41. The molecule has 0 atom stereocenters. The molecule has 3 rings (SSSR count). The number of ether oxygens (including phenoxy) is 1. The van der Waals surface area contributed by atoms with E-state index in [-0.39, 0.29) is 19.1 Å². The average molecular weight is 386 g/mol. The van der Waals surface area contributed by atoms with Crippen LogP contribution in [0.2, 0.25) is 5.02 Å². The summed E-state index contributed by atoms with van der Waals surface area (Å²) in [5, 5.41) is 12.4. The zero-order valence-corrected chi connectivity index (χ0v) is 15.2. The summed E-state index contributed by atoms with van der Waals surface area (Å²) in [4.78, 5) is 26.6. The molecule has 0 unspecified atom stereocenters. The molecule has 1 aromatic heterocycles. The van der Waals surface area contributed by atoms with Crippen molar-refractivity contribution in [2.75, 3.05) is 18.6 Å². The summed E-state index contributed by atoms with van der Waals surface area (Å²) >= 11 is 5.84. The molecule has 0 saturated carbocycles. The first-order valence-electron chi connectivity index (χ1n) is 8.04. The van der Waals surface area contributed by atoms with Gasteiger partial charge in [-0.15, -0.1) is 10.2 Å². The van der Waals surface area contributed by atoms with Crippen LogP contribution >= 0.6 is 11.6 Å². The number of hydrogen-bond donors (Lipinski definition) is 0. The molecule has 1 heterocycles. The number of anilines is 1. The van der Waals surface area contributed by atoms with Crippen molar-refractivity contribution in [3.05, 3.63) is 59.6 Å². The minimum Gasteiger partial charge on any atom is -0.454 e. The topological polar surface area (TPSA) is 90.2 Å². The molecule has 8 nitrogen and oxygen atoms in total. The van der Waals surface area contributed by atoms with Crippen molar-refractivity contribution in [2.45, 2.75) is 6.54 Å². The highest BCUT2D eigenvalue weighted by Crippen LogP contribution is 2.17. The number of tetrazole rings is 1. The number of amides is 1. The fourth-order valence-electron chi connectivity index (χ4n) is 2.22. The van der Waals surface area contributed by atoms with Crippen molar-refractivity contribution in [3.8, 4) is 11.4 Å². The molecular weight excluding hydrogens is 370 g/mol. The van der Waals surface area contributed by atoms with E-state index in [4.69, 9.17) is 16.3 Å². The van der Waals surface area contributed by atoms with E-state index >= 15 is 0 Å². The molecule has 2 aromatic carbocycles. The molecule has 0 aliphatic heterocycles. The molecule has 0 saturated heterocycles. The van der Waals surface area contributed by atoms with E-state index in [0.29, 0.717) is 16.5 Å². The van der Waals surface area contributed by atoms with Crippen LogP contribution in [-0.4, -0.2) is 45.7 Å². The monoisotopic (exact) mass is 385 g/mol. The number of rotatable bonds is 6. The lowest BCUT2D eigenvalue weighted by Crippen LogP contribution is -2.31. The number of nitrogens with zero attached hydrogens (tertiary/aromatic N) is 5. The van der Waals surface area contributed by atoms with Gasteiger partial charge in [0.25, 0.3) is 5.91 Å². The molecule has 27 heavy (non-hydrogen) atoms. The van der Waals surface area contributed by atoms with Gasteiger partial charge in [-0.3, -0.25) is 4.79 Å². The second-order valence-electron chi connectivity index (χ2n) is 5.60. The number of esters is 1. The van der Waals surface area contributed by atoms with E-state index in [1.807, 2.05) is 18.2 Å². The van der Waals surface area contributed by atoms with Gasteiger partial charge >= 0.3 is 5.97 Å². The molecule has 0 radical (unpaired) electrons. The minimum absolute atomic E-state index is 0.247. The SMILES string of the molecule is CN(C(=O)COC(=O)Cn1nnc(-c2ccc(Cl)cc2)n1)c1ccccc1. The molecule has 9 heteroatoms. The second-order valence-corrected chi connectivity index (χ2v) is 6.04. The van der Waals surface area contributed by atoms with Crippen LogP contribution in [0.4, 0.5) is 5.69 Å². The summed E-state index contributed by atoms with van der Waals surface area (Å²) in [6.45, 7) is -0.619. The number of carbonyl (C=O) groups excluding carboxylic acids is 2. The van der Waals surface area contributed by atoms with Crippen molar-refractivity contribution in [1.82, 2.24) is 20.2 Å². The van der Waals surface area contributed by atoms with E-state index in [9.17, 15) is 9.59 Å². The predicted molar refractivity (Wildman–Crippen MR) is 99.1 cm³/mol. The Morgan fingerprint density at radius 1 is 1.11 bits per heavy atom. The fourth-order valence-corrected chi connectivity index (χ4v) is 2.35. The largest absolute Gasteiger partial charge is 0.454 e. The maximum absolute atomic E-state index is 12.1. The molecule has 3 aromatic rings. The molecule has 0 N–H and O–H groups in total. The Kier molecular flexibility index (Phi) is 5.77. The number of benzene rings is 2. The van der Waals surface area contributed by atoms with Crippen LogP contribution in [-0.2, 0) is 20.9 Å². The van der Waals surface area contributed by atoms with E-state index in [0.717, 1.165) is 10.4 Å². The van der Waals surface area contributed by atoms with Gasteiger partial charge in [0.1, 0.15) is 0 Å². The Bertz CT molecular complexity index is 928. The lowest BCUT2D eigenvalue weighted by atomic mass is 10.2. The van der Waals surface area contributed by atoms with Crippen molar-refractivity contribution in [2.24, 2.45) is 0 Å². The van der Waals surface area contributed by atoms with E-state index in [1.165, 1.54) is 4.90 Å². The standard InChI is InChI=1S/C18H16ClN5O3/c1-23(15-5-3-2-4-6-15)16(25)12-27-17(26)11-24-21-18(20-22-24)13-7-9-14(19)10-8-13/h2-10H,11-12H2,1H3. The van der Waals surface area contributed by atoms with E-state index in [1.54, 1.807) is 43.4 Å². The first-order chi connectivity index (χ1) is 13.0. The van der Waals surface area contributed by atoms with Crippen molar-refractivity contribution >= 4 is 29.2 Å². The van der Waals surface area contributed by atoms with Crippen LogP contribution < -0.4 is 4.90 Å². The zero-order valence-electron chi connectivity index (χ0n) is 14.4. The van der Waals surface area contributed by atoms with Gasteiger partial charge in [0, 0.05) is 23.3 Å². The maximum atomic E-state index is 12.1. The van der Waals surface area contributed by atoms with E-state index in [2.05, 4.69) is 15.4 Å². The molecule has 0 spiro atoms. The van der Waals surface area contributed by atoms with Crippen LogP contribution in [0, 0.1) is 0 Å². The van der Waals surface area contributed by atoms with Gasteiger partial charge in [0.2, 0.25) is 5.82 Å². The Morgan fingerprint density at radius 2 is 1.81 bits per heavy atom. The molecule has 0 aliphatic rings. The first-order valence-corrected chi connectivity index (χ1v) is 8.42. The number of carbonyl (C=O) groups is 2. The van der Waals surface area contributed by atoms with Gasteiger partial charge in [0.15, 0.2) is 13.2 Å². The number of hydrogen-bond acceptors (Lipinski definition) is 6. The highest BCUT2D eigenvalue weighted by Gasteiger charge is 2.15. The number of halogens is 1. The van der Waals surface area contributed by atoms with Gasteiger partial charge in [-0.05, 0) is 41.6 Å². The third-order valence-electron chi connectivity index (χ3n) is 3.70. The van der Waals surface area contributed by atoms with Crippen molar-refractivity contribution in [1.29, 1.82) is 0 Å². The fraction of sp³-hybridized carbons (Fsp3) is 0.167.